The lowest BCUT2D eigenvalue weighted by molar-refractivity contribution is 0.0697. The Kier molecular flexibility index (Phi) is 4.13. The molecule has 2 N–H and O–H groups in total. The van der Waals surface area contributed by atoms with Crippen molar-refractivity contribution in [3.63, 3.8) is 0 Å². The first-order valence-electron chi connectivity index (χ1n) is 6.41. The van der Waals surface area contributed by atoms with Gasteiger partial charge < -0.3 is 14.6 Å². The van der Waals surface area contributed by atoms with Gasteiger partial charge in [0.25, 0.3) is 0 Å². The van der Waals surface area contributed by atoms with Gasteiger partial charge in [-0.1, -0.05) is 18.2 Å². The molecule has 0 aliphatic heterocycles. The third kappa shape index (κ3) is 2.84. The lowest BCUT2D eigenvalue weighted by atomic mass is 10.1. The zero-order valence-electron chi connectivity index (χ0n) is 11.2. The molecule has 1 heterocycles. The zero-order chi connectivity index (χ0) is 15.7. The Labute approximate surface area is 138 Å². The number of carboxylic acid groups (broad SMARTS) is 1. The first-order valence-corrected chi connectivity index (χ1v) is 8.19. The highest BCUT2D eigenvalue weighted by Gasteiger charge is 2.21. The largest absolute Gasteiger partial charge is 0.507 e. The summed E-state index contributed by atoms with van der Waals surface area (Å²) in [6.07, 6.45) is 0. The molecule has 22 heavy (non-hydrogen) atoms. The number of fused-ring (bicyclic) bond motifs is 1. The van der Waals surface area contributed by atoms with Crippen LogP contribution in [-0.4, -0.2) is 16.2 Å². The normalized spacial score (nSPS) is 11.0. The summed E-state index contributed by atoms with van der Waals surface area (Å²) in [6.45, 7) is 0. The third-order valence-corrected chi connectivity index (χ3v) is 4.80. The number of phenolic OH excluding ortho intramolecular Hbond substituents is 1. The number of phenols is 1. The molecule has 1 aromatic heterocycles. The molecule has 0 atom stereocenters. The van der Waals surface area contributed by atoms with E-state index in [2.05, 4.69) is 15.9 Å². The molecule has 6 heteroatoms. The van der Waals surface area contributed by atoms with Gasteiger partial charge in [0, 0.05) is 10.3 Å². The summed E-state index contributed by atoms with van der Waals surface area (Å²) in [5.41, 5.74) is 0.534. The zero-order valence-corrected chi connectivity index (χ0v) is 13.6. The quantitative estimate of drug-likeness (QED) is 0.632. The number of hydrogen-bond acceptors (Lipinski definition) is 4. The first kappa shape index (κ1) is 15.0. The maximum atomic E-state index is 11.5. The molecular weight excluding hydrogens is 368 g/mol. The molecule has 0 spiro atoms. The van der Waals surface area contributed by atoms with E-state index in [1.165, 1.54) is 17.8 Å². The van der Waals surface area contributed by atoms with E-state index < -0.39 is 5.97 Å². The van der Waals surface area contributed by atoms with Crippen LogP contribution >= 0.6 is 27.7 Å². The van der Waals surface area contributed by atoms with Gasteiger partial charge in [-0.15, -0.1) is 11.8 Å². The second-order valence-electron chi connectivity index (χ2n) is 4.61. The Morgan fingerprint density at radius 1 is 1.23 bits per heavy atom. The van der Waals surface area contributed by atoms with Gasteiger partial charge in [0.05, 0.1) is 10.2 Å². The van der Waals surface area contributed by atoms with Crippen LogP contribution in [0.25, 0.3) is 11.0 Å². The number of benzene rings is 2. The van der Waals surface area contributed by atoms with Crippen molar-refractivity contribution in [2.24, 2.45) is 0 Å². The van der Waals surface area contributed by atoms with Gasteiger partial charge in [0.1, 0.15) is 22.7 Å². The third-order valence-electron chi connectivity index (χ3n) is 3.16. The van der Waals surface area contributed by atoms with Crippen LogP contribution in [0.2, 0.25) is 0 Å². The SMILES string of the molecule is O=C(O)c1c(CSc2ccccc2)oc2cc(Br)c(O)cc12. The van der Waals surface area contributed by atoms with Crippen molar-refractivity contribution in [1.82, 2.24) is 0 Å². The number of carbonyl (C=O) groups is 1. The van der Waals surface area contributed by atoms with Crippen LogP contribution in [0.3, 0.4) is 0 Å². The fourth-order valence-corrected chi connectivity index (χ4v) is 3.33. The van der Waals surface area contributed by atoms with Gasteiger partial charge in [0.2, 0.25) is 0 Å². The van der Waals surface area contributed by atoms with Crippen LogP contribution in [0.5, 0.6) is 5.75 Å². The Bertz CT molecular complexity index is 842. The summed E-state index contributed by atoms with van der Waals surface area (Å²) in [6, 6.07) is 12.7. The summed E-state index contributed by atoms with van der Waals surface area (Å²) >= 11 is 4.70. The lowest BCUT2D eigenvalue weighted by Gasteiger charge is -2.00. The van der Waals surface area contributed by atoms with Crippen molar-refractivity contribution < 1.29 is 19.4 Å². The van der Waals surface area contributed by atoms with E-state index >= 15 is 0 Å². The van der Waals surface area contributed by atoms with E-state index in [1.54, 1.807) is 6.07 Å². The molecule has 0 aliphatic carbocycles. The average molecular weight is 379 g/mol. The molecule has 0 unspecified atom stereocenters. The highest BCUT2D eigenvalue weighted by molar-refractivity contribution is 9.10. The molecule has 4 nitrogen and oxygen atoms in total. The number of aromatic hydroxyl groups is 1. The summed E-state index contributed by atoms with van der Waals surface area (Å²) in [5.74, 6) is -0.297. The van der Waals surface area contributed by atoms with Crippen LogP contribution in [0.4, 0.5) is 0 Å². The smallest absolute Gasteiger partial charge is 0.339 e. The van der Waals surface area contributed by atoms with Crippen LogP contribution in [0, 0.1) is 0 Å². The Hall–Kier alpha value is -1.92. The second-order valence-corrected chi connectivity index (χ2v) is 6.51. The molecule has 2 aromatic carbocycles. The van der Waals surface area contributed by atoms with E-state index in [1.807, 2.05) is 30.3 Å². The molecular formula is C16H11BrO4S. The number of halogens is 1. The minimum absolute atomic E-state index is 0.0157. The van der Waals surface area contributed by atoms with Gasteiger partial charge >= 0.3 is 5.97 Å². The molecule has 0 saturated carbocycles. The van der Waals surface area contributed by atoms with E-state index in [9.17, 15) is 15.0 Å². The topological polar surface area (TPSA) is 70.7 Å². The molecule has 0 bridgehead atoms. The fraction of sp³-hybridized carbons (Fsp3) is 0.0625. The average Bonchev–Trinajstić information content (AvgIpc) is 2.84. The molecule has 112 valence electrons. The summed E-state index contributed by atoms with van der Waals surface area (Å²) < 4.78 is 6.14. The second kappa shape index (κ2) is 6.06. The maximum absolute atomic E-state index is 11.5. The van der Waals surface area contributed by atoms with Crippen molar-refractivity contribution in [3.8, 4) is 5.75 Å². The molecule has 0 radical (unpaired) electrons. The summed E-state index contributed by atoms with van der Waals surface area (Å²) in [7, 11) is 0. The molecule has 0 amide bonds. The highest BCUT2D eigenvalue weighted by atomic mass is 79.9. The first-order chi connectivity index (χ1) is 10.6. The monoisotopic (exact) mass is 378 g/mol. The lowest BCUT2D eigenvalue weighted by Crippen LogP contribution is -1.98. The maximum Gasteiger partial charge on any atom is 0.339 e. The van der Waals surface area contributed by atoms with Crippen molar-refractivity contribution in [1.29, 1.82) is 0 Å². The van der Waals surface area contributed by atoms with Gasteiger partial charge in [-0.25, -0.2) is 4.79 Å². The Morgan fingerprint density at radius 2 is 1.95 bits per heavy atom. The number of furan rings is 1. The molecule has 0 saturated heterocycles. The number of hydrogen-bond donors (Lipinski definition) is 2. The number of aromatic carboxylic acids is 1. The van der Waals surface area contributed by atoms with Gasteiger partial charge in [0.15, 0.2) is 0 Å². The standard InChI is InChI=1S/C16H11BrO4S/c17-11-7-13-10(6-12(11)18)15(16(19)20)14(21-13)8-22-9-4-2-1-3-5-9/h1-7,18H,8H2,(H,19,20). The van der Waals surface area contributed by atoms with Gasteiger partial charge in [-0.05, 0) is 40.2 Å². The molecule has 0 aliphatic rings. The van der Waals surface area contributed by atoms with Crippen molar-refractivity contribution in [2.75, 3.05) is 0 Å². The predicted molar refractivity (Wildman–Crippen MR) is 88.5 cm³/mol. The van der Waals surface area contributed by atoms with E-state index in [0.29, 0.717) is 27.0 Å². The predicted octanol–water partition coefficient (Wildman–Crippen LogP) is 4.89. The minimum Gasteiger partial charge on any atom is -0.507 e. The van der Waals surface area contributed by atoms with Crippen LogP contribution in [0.1, 0.15) is 16.1 Å². The molecule has 3 rings (SSSR count). The van der Waals surface area contributed by atoms with Crippen LogP contribution in [0.15, 0.2) is 56.2 Å². The minimum atomic E-state index is -1.07. The molecule has 0 fully saturated rings. The van der Waals surface area contributed by atoms with Crippen molar-refractivity contribution >= 4 is 44.6 Å². The van der Waals surface area contributed by atoms with E-state index in [4.69, 9.17) is 4.42 Å². The Morgan fingerprint density at radius 3 is 2.64 bits per heavy atom. The van der Waals surface area contributed by atoms with Crippen molar-refractivity contribution in [3.05, 3.63) is 58.3 Å². The number of thioether (sulfide) groups is 1. The van der Waals surface area contributed by atoms with Gasteiger partial charge in [-0.2, -0.15) is 0 Å². The van der Waals surface area contributed by atoms with Crippen LogP contribution in [-0.2, 0) is 5.75 Å². The van der Waals surface area contributed by atoms with E-state index in [-0.39, 0.29) is 11.3 Å². The van der Waals surface area contributed by atoms with Gasteiger partial charge in [-0.3, -0.25) is 0 Å². The van der Waals surface area contributed by atoms with E-state index in [0.717, 1.165) is 4.90 Å². The highest BCUT2D eigenvalue weighted by Crippen LogP contribution is 2.36. The molecule has 3 aromatic rings. The number of carboxylic acids is 1. The number of rotatable bonds is 4. The summed E-state index contributed by atoms with van der Waals surface area (Å²) in [4.78, 5) is 12.6. The van der Waals surface area contributed by atoms with Crippen molar-refractivity contribution in [2.45, 2.75) is 10.6 Å². The summed E-state index contributed by atoms with van der Waals surface area (Å²) in [5, 5.41) is 19.6. The Balaban J connectivity index is 2.01. The van der Waals surface area contributed by atoms with Crippen LogP contribution < -0.4 is 0 Å². The fourth-order valence-electron chi connectivity index (χ4n) is 2.16.